The molecule has 3 rings (SSSR count). The predicted molar refractivity (Wildman–Crippen MR) is 81.3 cm³/mol. The molecule has 3 aromatic rings. The third-order valence-corrected chi connectivity index (χ3v) is 3.27. The minimum Gasteiger partial charge on any atom is -0.545 e. The summed E-state index contributed by atoms with van der Waals surface area (Å²) in [4.78, 5) is 25.6. The number of aliphatic carboxylic acids is 1. The second-order valence-corrected chi connectivity index (χ2v) is 4.73. The van der Waals surface area contributed by atoms with Crippen LogP contribution in [0.1, 0.15) is 5.69 Å². The van der Waals surface area contributed by atoms with Crippen LogP contribution in [-0.2, 0) is 4.79 Å². The van der Waals surface area contributed by atoms with Crippen molar-refractivity contribution in [3.8, 4) is 11.3 Å². The molecular formula is C16H10N3O4-. The van der Waals surface area contributed by atoms with Crippen LogP contribution in [0.25, 0.3) is 23.0 Å². The van der Waals surface area contributed by atoms with Gasteiger partial charge in [-0.25, -0.2) is 4.98 Å². The van der Waals surface area contributed by atoms with Crippen LogP contribution >= 0.6 is 0 Å². The monoisotopic (exact) mass is 308 g/mol. The van der Waals surface area contributed by atoms with Gasteiger partial charge in [0.15, 0.2) is 0 Å². The molecule has 114 valence electrons. The number of rotatable bonds is 4. The van der Waals surface area contributed by atoms with Crippen LogP contribution in [0.5, 0.6) is 0 Å². The number of carboxylic acid groups (broad SMARTS) is 1. The quantitative estimate of drug-likeness (QED) is 0.414. The molecule has 1 aromatic carbocycles. The van der Waals surface area contributed by atoms with Gasteiger partial charge in [-0.05, 0) is 24.3 Å². The number of hydrogen-bond donors (Lipinski definition) is 0. The van der Waals surface area contributed by atoms with Crippen molar-refractivity contribution in [2.45, 2.75) is 0 Å². The van der Waals surface area contributed by atoms with Crippen LogP contribution in [0, 0.1) is 10.1 Å². The minimum absolute atomic E-state index is 0.0608. The molecule has 7 nitrogen and oxygen atoms in total. The molecule has 23 heavy (non-hydrogen) atoms. The van der Waals surface area contributed by atoms with Crippen LogP contribution in [0.3, 0.4) is 0 Å². The number of aromatic nitrogens is 2. The molecule has 0 saturated carbocycles. The van der Waals surface area contributed by atoms with Crippen molar-refractivity contribution in [3.63, 3.8) is 0 Å². The van der Waals surface area contributed by atoms with E-state index in [1.54, 1.807) is 40.9 Å². The van der Waals surface area contributed by atoms with Gasteiger partial charge in [0.2, 0.25) is 0 Å². The Kier molecular flexibility index (Phi) is 3.60. The van der Waals surface area contributed by atoms with Crippen molar-refractivity contribution in [3.05, 3.63) is 70.5 Å². The fourth-order valence-electron chi connectivity index (χ4n) is 2.30. The van der Waals surface area contributed by atoms with Gasteiger partial charge in [-0.2, -0.15) is 0 Å². The van der Waals surface area contributed by atoms with E-state index < -0.39 is 10.9 Å². The summed E-state index contributed by atoms with van der Waals surface area (Å²) in [7, 11) is 0. The number of carboxylic acids is 1. The fraction of sp³-hybridized carbons (Fsp3) is 0. The first-order valence-electron chi connectivity index (χ1n) is 6.67. The highest BCUT2D eigenvalue weighted by molar-refractivity contribution is 5.86. The number of imidazole rings is 1. The number of nitro benzene ring substituents is 1. The van der Waals surface area contributed by atoms with E-state index in [1.807, 2.05) is 0 Å². The summed E-state index contributed by atoms with van der Waals surface area (Å²) in [6.45, 7) is 0. The summed E-state index contributed by atoms with van der Waals surface area (Å²) in [6.07, 6.45) is 4.00. The summed E-state index contributed by atoms with van der Waals surface area (Å²) in [5, 5.41) is 21.6. The average molecular weight is 308 g/mol. The Morgan fingerprint density at radius 1 is 1.22 bits per heavy atom. The molecule has 7 heteroatoms. The van der Waals surface area contributed by atoms with Gasteiger partial charge < -0.3 is 9.90 Å². The Balaban J connectivity index is 2.24. The Morgan fingerprint density at radius 3 is 2.78 bits per heavy atom. The number of nitro groups is 1. The molecule has 0 aliphatic carbocycles. The smallest absolute Gasteiger partial charge is 0.270 e. The summed E-state index contributed by atoms with van der Waals surface area (Å²) < 4.78 is 1.70. The van der Waals surface area contributed by atoms with E-state index in [9.17, 15) is 20.0 Å². The molecule has 0 fully saturated rings. The molecular weight excluding hydrogens is 298 g/mol. The van der Waals surface area contributed by atoms with Gasteiger partial charge in [0.25, 0.3) is 5.69 Å². The van der Waals surface area contributed by atoms with Gasteiger partial charge in [0.05, 0.1) is 22.3 Å². The number of fused-ring (bicyclic) bond motifs is 1. The van der Waals surface area contributed by atoms with Gasteiger partial charge in [-0.15, -0.1) is 0 Å². The van der Waals surface area contributed by atoms with Crippen molar-refractivity contribution in [2.24, 2.45) is 0 Å². The lowest BCUT2D eigenvalue weighted by atomic mass is 10.1. The first kappa shape index (κ1) is 14.5. The van der Waals surface area contributed by atoms with Crippen LogP contribution in [0.15, 0.2) is 54.7 Å². The third-order valence-electron chi connectivity index (χ3n) is 3.27. The fourth-order valence-corrected chi connectivity index (χ4v) is 2.30. The van der Waals surface area contributed by atoms with Crippen molar-refractivity contribution < 1.29 is 14.8 Å². The SMILES string of the molecule is O=C([O-])/C=C/c1c(-c2cccc([N+](=O)[O-])c2)nc2ccccn12. The lowest BCUT2D eigenvalue weighted by Crippen LogP contribution is -2.18. The lowest BCUT2D eigenvalue weighted by molar-refractivity contribution is -0.384. The standard InChI is InChI=1S/C16H11N3O4/c20-15(21)8-7-13-16(17-14-6-1-2-9-18(13)14)11-4-3-5-12(10-11)19(22)23/h1-10H,(H,20,21)/p-1/b8-7+. The van der Waals surface area contributed by atoms with E-state index in [4.69, 9.17) is 0 Å². The van der Waals surface area contributed by atoms with Crippen molar-refractivity contribution in [2.75, 3.05) is 0 Å². The molecule has 0 unspecified atom stereocenters. The molecule has 0 radical (unpaired) electrons. The first-order chi connectivity index (χ1) is 11.1. The van der Waals surface area contributed by atoms with Crippen LogP contribution < -0.4 is 5.11 Å². The predicted octanol–water partition coefficient (Wildman–Crippen LogP) is 1.67. The Bertz CT molecular complexity index is 943. The molecule has 0 bridgehead atoms. The normalized spacial score (nSPS) is 11.1. The zero-order chi connectivity index (χ0) is 16.4. The van der Waals surface area contributed by atoms with Gasteiger partial charge >= 0.3 is 0 Å². The maximum atomic E-state index is 10.9. The highest BCUT2D eigenvalue weighted by atomic mass is 16.6. The topological polar surface area (TPSA) is 101 Å². The van der Waals surface area contributed by atoms with Crippen molar-refractivity contribution in [1.29, 1.82) is 0 Å². The maximum Gasteiger partial charge on any atom is 0.270 e. The molecule has 0 amide bonds. The van der Waals surface area contributed by atoms with Crippen LogP contribution in [-0.4, -0.2) is 20.3 Å². The minimum atomic E-state index is -1.33. The Hall–Kier alpha value is -3.48. The second kappa shape index (κ2) is 5.72. The van der Waals surface area contributed by atoms with Gasteiger partial charge in [0.1, 0.15) is 5.65 Å². The highest BCUT2D eigenvalue weighted by Gasteiger charge is 2.14. The summed E-state index contributed by atoms with van der Waals surface area (Å²) in [6, 6.07) is 11.4. The average Bonchev–Trinajstić information content (AvgIpc) is 2.91. The number of carbonyl (C=O) groups excluding carboxylic acids is 1. The zero-order valence-electron chi connectivity index (χ0n) is 11.7. The number of non-ortho nitro benzene ring substituents is 1. The van der Waals surface area contributed by atoms with Gasteiger partial charge in [-0.1, -0.05) is 18.2 Å². The molecule has 0 spiro atoms. The number of carbonyl (C=O) groups is 1. The molecule has 0 saturated heterocycles. The molecule has 0 N–H and O–H groups in total. The number of nitrogens with zero attached hydrogens (tertiary/aromatic N) is 3. The third kappa shape index (κ3) is 2.80. The first-order valence-corrected chi connectivity index (χ1v) is 6.67. The number of hydrogen-bond acceptors (Lipinski definition) is 5. The maximum absolute atomic E-state index is 10.9. The van der Waals surface area contributed by atoms with Crippen LogP contribution in [0.2, 0.25) is 0 Å². The number of benzene rings is 1. The summed E-state index contributed by atoms with van der Waals surface area (Å²) in [5.41, 5.74) is 2.03. The van der Waals surface area contributed by atoms with Crippen molar-refractivity contribution in [1.82, 2.24) is 9.38 Å². The summed E-state index contributed by atoms with van der Waals surface area (Å²) in [5.74, 6) is -1.33. The van der Waals surface area contributed by atoms with Gasteiger partial charge in [0, 0.05) is 23.9 Å². The summed E-state index contributed by atoms with van der Waals surface area (Å²) >= 11 is 0. The molecule has 0 aliphatic heterocycles. The molecule has 2 heterocycles. The molecule has 0 atom stereocenters. The van der Waals surface area contributed by atoms with E-state index in [0.717, 1.165) is 6.08 Å². The van der Waals surface area contributed by atoms with E-state index in [2.05, 4.69) is 4.98 Å². The second-order valence-electron chi connectivity index (χ2n) is 4.73. The van der Waals surface area contributed by atoms with E-state index >= 15 is 0 Å². The largest absolute Gasteiger partial charge is 0.545 e. The highest BCUT2D eigenvalue weighted by Crippen LogP contribution is 2.28. The van der Waals surface area contributed by atoms with Crippen LogP contribution in [0.4, 0.5) is 5.69 Å². The Labute approximate surface area is 130 Å². The zero-order valence-corrected chi connectivity index (χ0v) is 11.7. The molecule has 0 aliphatic rings. The molecule has 2 aromatic heterocycles. The number of pyridine rings is 1. The van der Waals surface area contributed by atoms with Crippen molar-refractivity contribution >= 4 is 23.4 Å². The lowest BCUT2D eigenvalue weighted by Gasteiger charge is -2.01. The van der Waals surface area contributed by atoms with E-state index in [1.165, 1.54) is 18.2 Å². The van der Waals surface area contributed by atoms with E-state index in [0.29, 0.717) is 22.6 Å². The van der Waals surface area contributed by atoms with Gasteiger partial charge in [-0.3, -0.25) is 14.5 Å². The Morgan fingerprint density at radius 2 is 2.04 bits per heavy atom. The van der Waals surface area contributed by atoms with E-state index in [-0.39, 0.29) is 5.69 Å².